The number of carbonyl (C=O) groups excluding carboxylic acids is 1. The molecule has 2 aromatic rings. The van der Waals surface area contributed by atoms with E-state index in [1.807, 2.05) is 12.1 Å². The fourth-order valence-electron chi connectivity index (χ4n) is 4.05. The van der Waals surface area contributed by atoms with Crippen LogP contribution >= 0.6 is 0 Å². The summed E-state index contributed by atoms with van der Waals surface area (Å²) in [5, 5.41) is 14.5. The van der Waals surface area contributed by atoms with Crippen LogP contribution in [0.25, 0.3) is 0 Å². The second-order valence-corrected chi connectivity index (χ2v) is 11.4. The van der Waals surface area contributed by atoms with Crippen molar-refractivity contribution in [2.45, 2.75) is 89.1 Å². The van der Waals surface area contributed by atoms with Gasteiger partial charge < -0.3 is 10.5 Å². The molecule has 7 heteroatoms. The molecule has 2 N–H and O–H groups in total. The number of nitrogens with one attached hydrogen (secondary N) is 1. The van der Waals surface area contributed by atoms with Gasteiger partial charge in [0.25, 0.3) is 5.91 Å². The molecule has 0 saturated heterocycles. The maximum atomic E-state index is 12.5. The Morgan fingerprint density at radius 1 is 0.829 bits per heavy atom. The summed E-state index contributed by atoms with van der Waals surface area (Å²) >= 11 is 0. The first-order chi connectivity index (χ1) is 16.8. The van der Waals surface area contributed by atoms with Crippen LogP contribution in [0.15, 0.2) is 53.4 Å². The lowest BCUT2D eigenvalue weighted by Crippen LogP contribution is -2.25. The molecular weight excluding hydrogens is 460 g/mol. The van der Waals surface area contributed by atoms with Gasteiger partial charge >= 0.3 is 0 Å². The van der Waals surface area contributed by atoms with Crippen LogP contribution in [0.2, 0.25) is 0 Å². The zero-order chi connectivity index (χ0) is 25.5. The van der Waals surface area contributed by atoms with Crippen molar-refractivity contribution in [1.82, 2.24) is 10.4 Å². The third-order valence-corrected chi connectivity index (χ3v) is 7.22. The van der Waals surface area contributed by atoms with Gasteiger partial charge in [-0.05, 0) is 41.8 Å². The van der Waals surface area contributed by atoms with E-state index in [1.54, 1.807) is 24.3 Å². The minimum absolute atomic E-state index is 0.0939. The number of unbranched alkanes of at least 4 members (excludes halogenated alkanes) is 9. The monoisotopic (exact) mass is 502 g/mol. The van der Waals surface area contributed by atoms with Crippen molar-refractivity contribution < 1.29 is 18.4 Å². The van der Waals surface area contributed by atoms with Gasteiger partial charge in [-0.1, -0.05) is 89.0 Å². The second-order valence-electron chi connectivity index (χ2n) is 9.38. The molecule has 1 amide bonds. The fourth-order valence-corrected chi connectivity index (χ4v) is 4.68. The van der Waals surface area contributed by atoms with Gasteiger partial charge in [0, 0.05) is 31.5 Å². The van der Waals surface area contributed by atoms with Crippen LogP contribution in [-0.2, 0) is 22.9 Å². The lowest BCUT2D eigenvalue weighted by molar-refractivity contribution is -0.108. The molecule has 0 fully saturated rings. The van der Waals surface area contributed by atoms with Crippen molar-refractivity contribution in [2.75, 3.05) is 12.8 Å². The lowest BCUT2D eigenvalue weighted by Gasteiger charge is -2.16. The molecule has 0 heterocycles. The fraction of sp³-hybridized carbons (Fsp3) is 0.536. The highest BCUT2D eigenvalue weighted by Crippen LogP contribution is 2.14. The Morgan fingerprint density at radius 2 is 1.40 bits per heavy atom. The van der Waals surface area contributed by atoms with Gasteiger partial charge in [0.2, 0.25) is 0 Å². The van der Waals surface area contributed by atoms with Gasteiger partial charge in [-0.2, -0.15) is 5.06 Å². The van der Waals surface area contributed by atoms with Crippen LogP contribution in [0, 0.1) is 0 Å². The van der Waals surface area contributed by atoms with E-state index in [0.29, 0.717) is 12.1 Å². The van der Waals surface area contributed by atoms with Gasteiger partial charge in [-0.3, -0.25) is 4.79 Å². The number of hydroxylamine groups is 2. The summed E-state index contributed by atoms with van der Waals surface area (Å²) in [5.74, 6) is -0.0939. The number of amides is 1. The quantitative estimate of drug-likeness (QED) is 0.201. The molecule has 0 aliphatic rings. The molecule has 0 radical (unpaired) electrons. The Labute approximate surface area is 211 Å². The van der Waals surface area contributed by atoms with Gasteiger partial charge in [-0.25, -0.2) is 8.42 Å². The Bertz CT molecular complexity index is 990. The number of sulfone groups is 1. The first-order valence-corrected chi connectivity index (χ1v) is 14.8. The molecule has 6 nitrogen and oxygen atoms in total. The Morgan fingerprint density at radius 3 is 2.00 bits per heavy atom. The highest BCUT2D eigenvalue weighted by atomic mass is 32.2. The van der Waals surface area contributed by atoms with E-state index in [4.69, 9.17) is 0 Å². The van der Waals surface area contributed by atoms with Crippen LogP contribution in [0.5, 0.6) is 0 Å². The summed E-state index contributed by atoms with van der Waals surface area (Å²) in [6.45, 7) is 3.43. The minimum Gasteiger partial charge on any atom is -0.352 e. The van der Waals surface area contributed by atoms with E-state index in [9.17, 15) is 18.4 Å². The van der Waals surface area contributed by atoms with Crippen LogP contribution in [0.3, 0.4) is 0 Å². The van der Waals surface area contributed by atoms with Crippen molar-refractivity contribution in [3.63, 3.8) is 0 Å². The zero-order valence-corrected chi connectivity index (χ0v) is 22.2. The third-order valence-electron chi connectivity index (χ3n) is 6.09. The summed E-state index contributed by atoms with van der Waals surface area (Å²) in [6, 6.07) is 13.7. The predicted octanol–water partition coefficient (Wildman–Crippen LogP) is 6.13. The summed E-state index contributed by atoms with van der Waals surface area (Å²) in [4.78, 5) is 12.8. The van der Waals surface area contributed by atoms with Gasteiger partial charge in [-0.15, -0.1) is 0 Å². The maximum absolute atomic E-state index is 12.5. The second kappa shape index (κ2) is 15.7. The Kier molecular flexibility index (Phi) is 13.0. The lowest BCUT2D eigenvalue weighted by atomic mass is 10.1. The molecule has 0 unspecified atom stereocenters. The number of carbonyl (C=O) groups is 1. The number of nitrogens with zero attached hydrogens (tertiary/aromatic N) is 1. The molecule has 35 heavy (non-hydrogen) atoms. The van der Waals surface area contributed by atoms with E-state index in [2.05, 4.69) is 12.2 Å². The number of hydrogen-bond donors (Lipinski definition) is 2. The summed E-state index contributed by atoms with van der Waals surface area (Å²) in [7, 11) is -3.24. The van der Waals surface area contributed by atoms with Crippen LogP contribution in [0.1, 0.15) is 92.6 Å². The van der Waals surface area contributed by atoms with E-state index < -0.39 is 9.84 Å². The Hall–Kier alpha value is -2.22. The minimum atomic E-state index is -3.24. The first kappa shape index (κ1) is 29.0. The molecule has 0 aromatic heterocycles. The number of rotatable bonds is 17. The topological polar surface area (TPSA) is 86.7 Å². The molecule has 0 bridgehead atoms. The third kappa shape index (κ3) is 11.8. The molecule has 0 aliphatic heterocycles. The van der Waals surface area contributed by atoms with Gasteiger partial charge in [0.05, 0.1) is 4.90 Å². The largest absolute Gasteiger partial charge is 0.352 e. The SMILES string of the molecule is CCCCCCCCCCCCNC(=O)c1cccc(CN(O)Cc2ccc(S(C)(=O)=O)cc2)c1. The Balaban J connectivity index is 1.68. The van der Waals surface area contributed by atoms with E-state index in [0.717, 1.165) is 29.0 Å². The molecule has 194 valence electrons. The highest BCUT2D eigenvalue weighted by molar-refractivity contribution is 7.90. The molecular formula is C28H42N2O4S. The first-order valence-electron chi connectivity index (χ1n) is 12.9. The summed E-state index contributed by atoms with van der Waals surface area (Å²) in [5.41, 5.74) is 2.21. The van der Waals surface area contributed by atoms with Crippen LogP contribution in [-0.4, -0.2) is 37.4 Å². The van der Waals surface area contributed by atoms with E-state index >= 15 is 0 Å². The standard InChI is InChI=1S/C28H42N2O4S/c1-3-4-5-6-7-8-9-10-11-12-20-29-28(31)26-15-13-14-25(21-26)23-30(32)22-24-16-18-27(19-17-24)35(2,33)34/h13-19,21,32H,3-12,20,22-23H2,1-2H3,(H,29,31). The molecule has 0 spiro atoms. The maximum Gasteiger partial charge on any atom is 0.251 e. The molecule has 0 aliphatic carbocycles. The smallest absolute Gasteiger partial charge is 0.251 e. The highest BCUT2D eigenvalue weighted by Gasteiger charge is 2.10. The normalized spacial score (nSPS) is 11.7. The molecule has 2 rings (SSSR count). The van der Waals surface area contributed by atoms with Crippen LogP contribution in [0.4, 0.5) is 0 Å². The van der Waals surface area contributed by atoms with Crippen LogP contribution < -0.4 is 5.32 Å². The zero-order valence-electron chi connectivity index (χ0n) is 21.3. The van der Waals surface area contributed by atoms with Crippen molar-refractivity contribution in [2.24, 2.45) is 0 Å². The van der Waals surface area contributed by atoms with Crippen molar-refractivity contribution in [3.8, 4) is 0 Å². The van der Waals surface area contributed by atoms with E-state index in [1.165, 1.54) is 69.8 Å². The van der Waals surface area contributed by atoms with Crippen molar-refractivity contribution >= 4 is 15.7 Å². The van der Waals surface area contributed by atoms with Crippen molar-refractivity contribution in [1.29, 1.82) is 0 Å². The van der Waals surface area contributed by atoms with Gasteiger partial charge in [0.1, 0.15) is 0 Å². The molecule has 0 saturated carbocycles. The predicted molar refractivity (Wildman–Crippen MR) is 141 cm³/mol. The van der Waals surface area contributed by atoms with Gasteiger partial charge in [0.15, 0.2) is 9.84 Å². The molecule has 0 atom stereocenters. The average Bonchev–Trinajstić information content (AvgIpc) is 2.82. The van der Waals surface area contributed by atoms with Crippen molar-refractivity contribution in [3.05, 3.63) is 65.2 Å². The summed E-state index contributed by atoms with van der Waals surface area (Å²) < 4.78 is 23.2. The van der Waals surface area contributed by atoms with E-state index in [-0.39, 0.29) is 23.9 Å². The average molecular weight is 503 g/mol. The summed E-state index contributed by atoms with van der Waals surface area (Å²) in [6.07, 6.45) is 13.8. The number of benzene rings is 2. The number of hydrogen-bond acceptors (Lipinski definition) is 5. The molecule has 2 aromatic carbocycles.